The van der Waals surface area contributed by atoms with Crippen LogP contribution in [0.2, 0.25) is 0 Å². The zero-order chi connectivity index (χ0) is 23.2. The topological polar surface area (TPSA) is 86.8 Å². The molecular weight excluding hydrogens is 456 g/mol. The third-order valence-electron chi connectivity index (χ3n) is 6.56. The number of aromatic nitrogens is 4. The Kier molecular flexibility index (Phi) is 5.95. The fourth-order valence-corrected chi connectivity index (χ4v) is 7.30. The third-order valence-corrected chi connectivity index (χ3v) is 9.28. The number of carbonyl (C=O) groups is 1. The van der Waals surface area contributed by atoms with Gasteiger partial charge in [0, 0.05) is 28.9 Å². The highest BCUT2D eigenvalue weighted by Crippen LogP contribution is 2.40. The largest absolute Gasteiger partial charge is 0.344 e. The van der Waals surface area contributed by atoms with E-state index in [0.29, 0.717) is 24.4 Å². The lowest BCUT2D eigenvalue weighted by Gasteiger charge is -2.16. The molecular formula is C24H28N4O3S2. The Morgan fingerprint density at radius 3 is 2.55 bits per heavy atom. The Morgan fingerprint density at radius 2 is 1.88 bits per heavy atom. The molecule has 1 aliphatic heterocycles. The standard InChI is InChI=1S/C24H28N4O3S2/c1-16-12-21(17(2)28(16)20-10-11-33(30,31)15-20)22(29)14-32-24-26-25-23(19-8-9-19)27(24)13-18-6-4-3-5-7-18/h3-7,12,19-20H,8-11,13-15H2,1-2H3/t20-/m0/s1. The lowest BCUT2D eigenvalue weighted by molar-refractivity contribution is 0.102. The van der Waals surface area contributed by atoms with Gasteiger partial charge in [0.25, 0.3) is 0 Å². The quantitative estimate of drug-likeness (QED) is 0.355. The summed E-state index contributed by atoms with van der Waals surface area (Å²) in [6.07, 6.45) is 2.88. The van der Waals surface area contributed by atoms with Gasteiger partial charge in [0.1, 0.15) is 5.82 Å². The number of rotatable bonds is 8. The fourth-order valence-electron chi connectivity index (χ4n) is 4.77. The van der Waals surface area contributed by atoms with Gasteiger partial charge in [-0.25, -0.2) is 8.42 Å². The Morgan fingerprint density at radius 1 is 1.12 bits per heavy atom. The third kappa shape index (κ3) is 4.66. The van der Waals surface area contributed by atoms with Crippen LogP contribution < -0.4 is 0 Å². The number of carbonyl (C=O) groups excluding carboxylic acids is 1. The highest BCUT2D eigenvalue weighted by atomic mass is 32.2. The summed E-state index contributed by atoms with van der Waals surface area (Å²) < 4.78 is 28.1. The smallest absolute Gasteiger partial charge is 0.191 e. The Hall–Kier alpha value is -2.39. The molecule has 5 rings (SSSR count). The van der Waals surface area contributed by atoms with Crippen molar-refractivity contribution in [3.63, 3.8) is 0 Å². The molecule has 0 amide bonds. The van der Waals surface area contributed by atoms with Gasteiger partial charge in [-0.1, -0.05) is 42.1 Å². The molecule has 2 fully saturated rings. The molecule has 1 saturated heterocycles. The summed E-state index contributed by atoms with van der Waals surface area (Å²) in [5, 5.41) is 9.63. The number of hydrogen-bond acceptors (Lipinski definition) is 6. The van der Waals surface area contributed by atoms with E-state index >= 15 is 0 Å². The molecule has 2 aliphatic rings. The number of thioether (sulfide) groups is 1. The molecule has 0 bridgehead atoms. The average molecular weight is 485 g/mol. The first-order chi connectivity index (χ1) is 15.8. The molecule has 7 nitrogen and oxygen atoms in total. The van der Waals surface area contributed by atoms with Crippen LogP contribution in [0, 0.1) is 13.8 Å². The van der Waals surface area contributed by atoms with Gasteiger partial charge in [-0.15, -0.1) is 10.2 Å². The maximum Gasteiger partial charge on any atom is 0.191 e. The van der Waals surface area contributed by atoms with E-state index in [4.69, 9.17) is 0 Å². The van der Waals surface area contributed by atoms with Crippen LogP contribution in [0.5, 0.6) is 0 Å². The molecule has 3 heterocycles. The van der Waals surface area contributed by atoms with Crippen molar-refractivity contribution in [2.75, 3.05) is 17.3 Å². The van der Waals surface area contributed by atoms with Gasteiger partial charge in [-0.3, -0.25) is 4.79 Å². The van der Waals surface area contributed by atoms with E-state index in [0.717, 1.165) is 35.2 Å². The maximum atomic E-state index is 13.2. The van der Waals surface area contributed by atoms with E-state index in [-0.39, 0.29) is 29.1 Å². The van der Waals surface area contributed by atoms with Crippen LogP contribution in [-0.2, 0) is 16.4 Å². The number of hydrogen-bond donors (Lipinski definition) is 0. The molecule has 0 N–H and O–H groups in total. The van der Waals surface area contributed by atoms with Crippen molar-refractivity contribution in [1.82, 2.24) is 19.3 Å². The van der Waals surface area contributed by atoms with Crippen molar-refractivity contribution >= 4 is 27.4 Å². The first-order valence-electron chi connectivity index (χ1n) is 11.3. The second-order valence-electron chi connectivity index (χ2n) is 9.11. The van der Waals surface area contributed by atoms with Gasteiger partial charge in [-0.05, 0) is 44.7 Å². The highest BCUT2D eigenvalue weighted by Gasteiger charge is 2.32. The van der Waals surface area contributed by atoms with E-state index in [1.165, 1.54) is 17.3 Å². The number of Topliss-reactive ketones (excluding diaryl/α,β-unsaturated/α-hetero) is 1. The lowest BCUT2D eigenvalue weighted by atomic mass is 10.2. The minimum absolute atomic E-state index is 0.0300. The molecule has 1 atom stereocenters. The van der Waals surface area contributed by atoms with Crippen LogP contribution >= 0.6 is 11.8 Å². The van der Waals surface area contributed by atoms with Gasteiger partial charge in [0.2, 0.25) is 0 Å². The minimum atomic E-state index is -2.99. The number of ketones is 1. The number of sulfone groups is 1. The van der Waals surface area contributed by atoms with Gasteiger partial charge in [0.15, 0.2) is 20.8 Å². The zero-order valence-corrected chi connectivity index (χ0v) is 20.5. The minimum Gasteiger partial charge on any atom is -0.344 e. The van der Waals surface area contributed by atoms with Gasteiger partial charge >= 0.3 is 0 Å². The second-order valence-corrected chi connectivity index (χ2v) is 12.3. The zero-order valence-electron chi connectivity index (χ0n) is 18.9. The Labute approximate surface area is 198 Å². The summed E-state index contributed by atoms with van der Waals surface area (Å²) in [6.45, 7) is 4.56. The molecule has 2 aromatic heterocycles. The molecule has 0 unspecified atom stereocenters. The van der Waals surface area contributed by atoms with Crippen LogP contribution in [-0.4, -0.2) is 50.8 Å². The van der Waals surface area contributed by atoms with Crippen molar-refractivity contribution in [1.29, 1.82) is 0 Å². The van der Waals surface area contributed by atoms with Crippen molar-refractivity contribution < 1.29 is 13.2 Å². The lowest BCUT2D eigenvalue weighted by Crippen LogP contribution is -2.14. The summed E-state index contributed by atoms with van der Waals surface area (Å²) in [5.41, 5.74) is 3.64. The normalized spacial score (nSPS) is 19.8. The van der Waals surface area contributed by atoms with E-state index in [1.54, 1.807) is 0 Å². The molecule has 1 aliphatic carbocycles. The molecule has 0 spiro atoms. The predicted octanol–water partition coefficient (Wildman–Crippen LogP) is 3.96. The monoisotopic (exact) mass is 484 g/mol. The average Bonchev–Trinajstić information content (AvgIpc) is 3.36. The summed E-state index contributed by atoms with van der Waals surface area (Å²) >= 11 is 1.43. The molecule has 9 heteroatoms. The van der Waals surface area contributed by atoms with Crippen LogP contribution in [0.25, 0.3) is 0 Å². The SMILES string of the molecule is Cc1cc(C(=O)CSc2nnc(C3CC3)n2Cc2ccccc2)c(C)n1[C@H]1CCS(=O)(=O)C1. The number of aryl methyl sites for hydroxylation is 1. The highest BCUT2D eigenvalue weighted by molar-refractivity contribution is 7.99. The first kappa shape index (κ1) is 22.4. The van der Waals surface area contributed by atoms with Crippen LogP contribution in [0.1, 0.15) is 64.4 Å². The van der Waals surface area contributed by atoms with E-state index < -0.39 is 9.84 Å². The summed E-state index contributed by atoms with van der Waals surface area (Å²) in [6, 6.07) is 12.1. The van der Waals surface area contributed by atoms with Gasteiger partial charge in [-0.2, -0.15) is 0 Å². The molecule has 33 heavy (non-hydrogen) atoms. The maximum absolute atomic E-state index is 13.2. The molecule has 3 aromatic rings. The summed E-state index contributed by atoms with van der Waals surface area (Å²) in [7, 11) is -2.99. The van der Waals surface area contributed by atoms with Crippen LogP contribution in [0.15, 0.2) is 41.6 Å². The second kappa shape index (κ2) is 8.76. The van der Waals surface area contributed by atoms with Gasteiger partial charge < -0.3 is 9.13 Å². The number of nitrogens with zero attached hydrogens (tertiary/aromatic N) is 4. The van der Waals surface area contributed by atoms with E-state index in [2.05, 4.69) is 26.9 Å². The Balaban J connectivity index is 1.33. The Bertz CT molecular complexity index is 1290. The molecule has 174 valence electrons. The summed E-state index contributed by atoms with van der Waals surface area (Å²) in [4.78, 5) is 13.2. The van der Waals surface area contributed by atoms with Crippen molar-refractivity contribution in [3.8, 4) is 0 Å². The molecule has 0 radical (unpaired) electrons. The number of benzene rings is 1. The van der Waals surface area contributed by atoms with Crippen LogP contribution in [0.4, 0.5) is 0 Å². The summed E-state index contributed by atoms with van der Waals surface area (Å²) in [5.74, 6) is 2.14. The fraction of sp³-hybridized carbons (Fsp3) is 0.458. The molecule has 1 aromatic carbocycles. The van der Waals surface area contributed by atoms with Crippen molar-refractivity contribution in [3.05, 3.63) is 64.7 Å². The van der Waals surface area contributed by atoms with E-state index in [1.807, 2.05) is 42.7 Å². The van der Waals surface area contributed by atoms with Gasteiger partial charge in [0.05, 0.1) is 23.8 Å². The van der Waals surface area contributed by atoms with Crippen molar-refractivity contribution in [2.24, 2.45) is 0 Å². The molecule has 1 saturated carbocycles. The first-order valence-corrected chi connectivity index (χ1v) is 14.1. The van der Waals surface area contributed by atoms with Crippen molar-refractivity contribution in [2.45, 2.75) is 56.8 Å². The van der Waals surface area contributed by atoms with Crippen LogP contribution in [0.3, 0.4) is 0 Å². The predicted molar refractivity (Wildman–Crippen MR) is 129 cm³/mol. The van der Waals surface area contributed by atoms with E-state index in [9.17, 15) is 13.2 Å².